The molecular weight excluding hydrogens is 506 g/mol. The van der Waals surface area contributed by atoms with Crippen molar-refractivity contribution in [3.63, 3.8) is 0 Å². The van der Waals surface area contributed by atoms with Crippen molar-refractivity contribution in [1.29, 1.82) is 0 Å². The molecule has 1 heterocycles. The Hall–Kier alpha value is -1.89. The highest BCUT2D eigenvalue weighted by Gasteiger charge is 2.35. The average molecular weight is 546 g/mol. The lowest BCUT2D eigenvalue weighted by atomic mass is 9.79. The average Bonchev–Trinajstić information content (AvgIpc) is 2.85. The molecule has 7 heteroatoms. The number of benzene rings is 2. The van der Waals surface area contributed by atoms with Crippen LogP contribution in [0.3, 0.4) is 0 Å². The first kappa shape index (κ1) is 28.1. The van der Waals surface area contributed by atoms with Gasteiger partial charge < -0.3 is 10.0 Å². The van der Waals surface area contributed by atoms with Crippen LogP contribution in [0, 0.1) is 11.8 Å². The Morgan fingerprint density at radius 3 is 2.08 bits per heavy atom. The molecule has 5 nitrogen and oxygen atoms in total. The Kier molecular flexibility index (Phi) is 8.42. The van der Waals surface area contributed by atoms with Crippen molar-refractivity contribution < 1.29 is 18.3 Å². The standard InChI is InChI=1S/C30H40ClNO4S/c1-29(2,3)37(35,36)21-23-4-8-24(9-5-23)28(33)20-22-6-14-27(15-7-22)32-18-16-30(34,17-19-32)25-10-12-26(31)13-11-25/h6-7,10-15,23-24,34H,4-5,8-9,16-21H2,1-3H3. The van der Waals surface area contributed by atoms with Crippen molar-refractivity contribution in [2.24, 2.45) is 11.8 Å². The number of carbonyl (C=O) groups is 1. The predicted octanol–water partition coefficient (Wildman–Crippen LogP) is 5.96. The molecule has 202 valence electrons. The highest BCUT2D eigenvalue weighted by molar-refractivity contribution is 7.92. The first-order valence-electron chi connectivity index (χ1n) is 13.4. The maximum Gasteiger partial charge on any atom is 0.155 e. The van der Waals surface area contributed by atoms with E-state index in [0.717, 1.165) is 55.6 Å². The van der Waals surface area contributed by atoms with Crippen LogP contribution in [0.25, 0.3) is 0 Å². The summed E-state index contributed by atoms with van der Waals surface area (Å²) < 4.78 is 24.4. The van der Waals surface area contributed by atoms with Gasteiger partial charge in [-0.3, -0.25) is 4.79 Å². The molecule has 2 aliphatic rings. The minimum absolute atomic E-state index is 0.0286. The highest BCUT2D eigenvalue weighted by Crippen LogP contribution is 2.36. The molecule has 1 aliphatic carbocycles. The fourth-order valence-corrected chi connectivity index (χ4v) is 7.15. The summed E-state index contributed by atoms with van der Waals surface area (Å²) in [7, 11) is -3.13. The first-order valence-corrected chi connectivity index (χ1v) is 15.5. The maximum absolute atomic E-state index is 13.0. The second kappa shape index (κ2) is 11.1. The van der Waals surface area contributed by atoms with Gasteiger partial charge in [0, 0.05) is 36.1 Å². The number of aliphatic hydroxyl groups is 1. The third-order valence-corrected chi connectivity index (χ3v) is 11.4. The van der Waals surface area contributed by atoms with Gasteiger partial charge in [-0.1, -0.05) is 35.9 Å². The number of nitrogens with zero attached hydrogens (tertiary/aromatic N) is 1. The van der Waals surface area contributed by atoms with Gasteiger partial charge in [0.1, 0.15) is 5.78 Å². The molecule has 0 radical (unpaired) electrons. The van der Waals surface area contributed by atoms with Gasteiger partial charge in [0.05, 0.1) is 16.1 Å². The van der Waals surface area contributed by atoms with Gasteiger partial charge in [-0.05, 0) is 101 Å². The lowest BCUT2D eigenvalue weighted by Crippen LogP contribution is -2.42. The van der Waals surface area contributed by atoms with E-state index in [9.17, 15) is 18.3 Å². The first-order chi connectivity index (χ1) is 17.4. The van der Waals surface area contributed by atoms with E-state index < -0.39 is 20.2 Å². The van der Waals surface area contributed by atoms with E-state index in [1.807, 2.05) is 36.4 Å². The van der Waals surface area contributed by atoms with Crippen LogP contribution in [0.1, 0.15) is 70.4 Å². The van der Waals surface area contributed by atoms with E-state index in [1.54, 1.807) is 20.8 Å². The van der Waals surface area contributed by atoms with E-state index in [-0.39, 0.29) is 23.4 Å². The molecule has 2 aromatic rings. The summed E-state index contributed by atoms with van der Waals surface area (Å²) in [6.45, 7) is 6.79. The number of hydrogen-bond donors (Lipinski definition) is 1. The molecule has 2 aromatic carbocycles. The van der Waals surface area contributed by atoms with Crippen molar-refractivity contribution >= 4 is 32.9 Å². The van der Waals surface area contributed by atoms with Gasteiger partial charge in [-0.2, -0.15) is 0 Å². The molecule has 1 aliphatic heterocycles. The Labute approximate surface area is 227 Å². The van der Waals surface area contributed by atoms with Crippen LogP contribution in [0.2, 0.25) is 5.02 Å². The summed E-state index contributed by atoms with van der Waals surface area (Å²) in [6, 6.07) is 15.7. The van der Waals surface area contributed by atoms with Crippen molar-refractivity contribution in [2.45, 2.75) is 76.1 Å². The summed E-state index contributed by atoms with van der Waals surface area (Å²) in [4.78, 5) is 15.2. The number of rotatable bonds is 7. The topological polar surface area (TPSA) is 74.7 Å². The zero-order valence-corrected chi connectivity index (χ0v) is 23.8. The van der Waals surface area contributed by atoms with E-state index in [1.165, 1.54) is 0 Å². The van der Waals surface area contributed by atoms with Crippen LogP contribution < -0.4 is 4.90 Å². The van der Waals surface area contributed by atoms with E-state index in [0.29, 0.717) is 24.3 Å². The van der Waals surface area contributed by atoms with Crippen molar-refractivity contribution in [3.05, 3.63) is 64.7 Å². The molecule has 0 unspecified atom stereocenters. The van der Waals surface area contributed by atoms with Crippen molar-refractivity contribution in [1.82, 2.24) is 0 Å². The molecule has 2 fully saturated rings. The van der Waals surface area contributed by atoms with Crippen LogP contribution in [-0.4, -0.2) is 42.9 Å². The number of sulfone groups is 1. The van der Waals surface area contributed by atoms with E-state index in [2.05, 4.69) is 17.0 Å². The fraction of sp³-hybridized carbons (Fsp3) is 0.567. The highest BCUT2D eigenvalue weighted by atomic mass is 35.5. The smallest absolute Gasteiger partial charge is 0.155 e. The number of halogens is 1. The van der Waals surface area contributed by atoms with Gasteiger partial charge in [-0.25, -0.2) is 8.42 Å². The van der Waals surface area contributed by atoms with Crippen molar-refractivity contribution in [2.75, 3.05) is 23.7 Å². The van der Waals surface area contributed by atoms with E-state index in [4.69, 9.17) is 11.6 Å². The molecule has 1 N–H and O–H groups in total. The zero-order valence-electron chi connectivity index (χ0n) is 22.2. The van der Waals surface area contributed by atoms with Crippen molar-refractivity contribution in [3.8, 4) is 0 Å². The lowest BCUT2D eigenvalue weighted by Gasteiger charge is -2.39. The van der Waals surface area contributed by atoms with Gasteiger partial charge in [0.25, 0.3) is 0 Å². The molecule has 0 amide bonds. The fourth-order valence-electron chi connectivity index (χ4n) is 5.57. The number of piperidine rings is 1. The normalized spacial score (nSPS) is 22.6. The third-order valence-electron chi connectivity index (χ3n) is 8.34. The summed E-state index contributed by atoms with van der Waals surface area (Å²) in [6.07, 6.45) is 4.90. The third kappa shape index (κ3) is 6.76. The minimum atomic E-state index is -3.13. The van der Waals surface area contributed by atoms with Crippen LogP contribution >= 0.6 is 11.6 Å². The summed E-state index contributed by atoms with van der Waals surface area (Å²) in [5.74, 6) is 0.679. The van der Waals surface area contributed by atoms with Gasteiger partial charge in [0.15, 0.2) is 9.84 Å². The van der Waals surface area contributed by atoms with Gasteiger partial charge in [0.2, 0.25) is 0 Å². The van der Waals surface area contributed by atoms with Gasteiger partial charge >= 0.3 is 0 Å². The molecule has 4 rings (SSSR count). The molecule has 1 saturated carbocycles. The summed E-state index contributed by atoms with van der Waals surface area (Å²) >= 11 is 6.00. The monoisotopic (exact) mass is 545 g/mol. The Balaban J connectivity index is 1.26. The molecule has 37 heavy (non-hydrogen) atoms. The van der Waals surface area contributed by atoms with Crippen LogP contribution in [0.4, 0.5) is 5.69 Å². The number of ketones is 1. The number of Topliss-reactive ketones (excluding diaryl/α,β-unsaturated/α-hetero) is 1. The number of carbonyl (C=O) groups excluding carboxylic acids is 1. The van der Waals surface area contributed by atoms with E-state index >= 15 is 0 Å². The second-order valence-corrected chi connectivity index (χ2v) is 15.2. The maximum atomic E-state index is 13.0. The van der Waals surface area contributed by atoms with Crippen LogP contribution in [0.15, 0.2) is 48.5 Å². The largest absolute Gasteiger partial charge is 0.385 e. The lowest BCUT2D eigenvalue weighted by molar-refractivity contribution is -0.123. The number of anilines is 1. The molecular formula is C30H40ClNO4S. The zero-order chi connectivity index (χ0) is 26.8. The SMILES string of the molecule is CC(C)(C)S(=O)(=O)CC1CCC(C(=O)Cc2ccc(N3CCC(O)(c4ccc(Cl)cc4)CC3)cc2)CC1. The predicted molar refractivity (Wildman–Crippen MR) is 151 cm³/mol. The Bertz CT molecular complexity index is 1170. The summed E-state index contributed by atoms with van der Waals surface area (Å²) in [5, 5.41) is 11.8. The van der Waals surface area contributed by atoms with Gasteiger partial charge in [-0.15, -0.1) is 0 Å². The molecule has 0 aromatic heterocycles. The number of hydrogen-bond acceptors (Lipinski definition) is 5. The Morgan fingerprint density at radius 1 is 0.973 bits per heavy atom. The molecule has 0 bridgehead atoms. The minimum Gasteiger partial charge on any atom is -0.385 e. The quantitative estimate of drug-likeness (QED) is 0.464. The van der Waals surface area contributed by atoms with Crippen LogP contribution in [0.5, 0.6) is 0 Å². The molecule has 0 spiro atoms. The summed E-state index contributed by atoms with van der Waals surface area (Å²) in [5.41, 5.74) is 2.20. The molecule has 1 saturated heterocycles. The second-order valence-electron chi connectivity index (χ2n) is 11.9. The van der Waals surface area contributed by atoms with Crippen LogP contribution in [-0.2, 0) is 26.7 Å². The Morgan fingerprint density at radius 2 is 1.54 bits per heavy atom. The molecule has 0 atom stereocenters.